The molecule has 0 radical (unpaired) electrons. The van der Waals surface area contributed by atoms with E-state index >= 15 is 0 Å². The topological polar surface area (TPSA) is 231 Å². The molecule has 0 aliphatic heterocycles. The molecule has 0 aromatic carbocycles. The first-order chi connectivity index (χ1) is 41.2. The van der Waals surface area contributed by atoms with Crippen LogP contribution in [0.15, 0.2) is 146 Å². The Kier molecular flexibility index (Phi) is 56.5. The van der Waals surface area contributed by atoms with Gasteiger partial charge in [0.25, 0.3) is 0 Å². The monoisotopic (exact) mass is 1230 g/mol. The normalized spacial score (nSPS) is 15.3. The van der Waals surface area contributed by atoms with Gasteiger partial charge >= 0.3 is 33.6 Å². The maximum atomic E-state index is 12.9. The molecule has 0 fully saturated rings. The number of phosphoric acid groups is 2. The lowest BCUT2D eigenvalue weighted by Gasteiger charge is -2.21. The molecule has 0 saturated carbocycles. The average molecular weight is 1230 g/mol. The Labute approximate surface area is 511 Å². The Morgan fingerprint density at radius 1 is 0.329 bits per heavy atom. The summed E-state index contributed by atoms with van der Waals surface area (Å²) in [7, 11) is -9.81. The van der Waals surface area contributed by atoms with Crippen LogP contribution >= 0.6 is 15.6 Å². The van der Waals surface area contributed by atoms with Crippen molar-refractivity contribution >= 4 is 33.6 Å². The SMILES string of the molecule is CC/C=C\C/C=C\C/C=C\C/C=C\C/C=C\C/C=C\CCC(=O)OCC(O)COP(=O)(O)OCC(O)COP(=O)(O)OCC(COC(=O)CCCCCCC/C=C\C/C=C\C/C=C\CC)OC(=O)CCCCCCC/C=C\C/C=C\C/C=C\CC. The van der Waals surface area contributed by atoms with E-state index in [9.17, 15) is 43.5 Å². The van der Waals surface area contributed by atoms with Gasteiger partial charge in [-0.1, -0.05) is 205 Å². The van der Waals surface area contributed by atoms with E-state index in [2.05, 4.69) is 148 Å². The molecule has 5 atom stereocenters. The second kappa shape index (κ2) is 59.7. The molecule has 4 N–H and O–H groups in total. The van der Waals surface area contributed by atoms with E-state index in [-0.39, 0.29) is 19.3 Å². The summed E-state index contributed by atoms with van der Waals surface area (Å²) in [6.07, 6.45) is 69.3. The lowest BCUT2D eigenvalue weighted by atomic mass is 10.1. The van der Waals surface area contributed by atoms with Crippen LogP contribution in [-0.2, 0) is 55.8 Å². The van der Waals surface area contributed by atoms with Gasteiger partial charge in [0.2, 0.25) is 0 Å². The van der Waals surface area contributed by atoms with E-state index in [0.29, 0.717) is 25.7 Å². The number of aliphatic hydroxyl groups is 2. The second-order valence-corrected chi connectivity index (χ2v) is 23.0. The predicted octanol–water partition coefficient (Wildman–Crippen LogP) is 16.6. The van der Waals surface area contributed by atoms with Gasteiger partial charge < -0.3 is 34.2 Å². The Morgan fingerprint density at radius 3 is 1.00 bits per heavy atom. The van der Waals surface area contributed by atoms with Crippen LogP contribution in [0.2, 0.25) is 0 Å². The number of hydrogen-bond acceptors (Lipinski definition) is 14. The third kappa shape index (κ3) is 60.9. The van der Waals surface area contributed by atoms with Gasteiger partial charge in [-0.2, -0.15) is 0 Å². The van der Waals surface area contributed by atoms with Crippen LogP contribution in [0.4, 0.5) is 0 Å². The minimum Gasteiger partial charge on any atom is -0.463 e. The van der Waals surface area contributed by atoms with E-state index in [1.165, 1.54) is 0 Å². The number of aliphatic hydroxyl groups excluding tert-OH is 2. The van der Waals surface area contributed by atoms with Crippen molar-refractivity contribution in [3.63, 3.8) is 0 Å². The quantitative estimate of drug-likeness (QED) is 0.0146. The lowest BCUT2D eigenvalue weighted by molar-refractivity contribution is -0.161. The first kappa shape index (κ1) is 80.4. The van der Waals surface area contributed by atoms with Crippen LogP contribution in [0.25, 0.3) is 0 Å². The fourth-order valence-electron chi connectivity index (χ4n) is 7.39. The van der Waals surface area contributed by atoms with E-state index in [0.717, 1.165) is 135 Å². The highest BCUT2D eigenvalue weighted by atomic mass is 31.2. The van der Waals surface area contributed by atoms with Crippen molar-refractivity contribution in [3.05, 3.63) is 146 Å². The van der Waals surface area contributed by atoms with Crippen LogP contribution in [0.5, 0.6) is 0 Å². The van der Waals surface area contributed by atoms with Crippen molar-refractivity contribution in [2.24, 2.45) is 0 Å². The van der Waals surface area contributed by atoms with Crippen LogP contribution in [0.1, 0.15) is 201 Å². The number of esters is 3. The number of rotatable bonds is 57. The number of ether oxygens (including phenoxy) is 3. The number of hydrogen-bond donors (Lipinski definition) is 4. The Balaban J connectivity index is 4.78. The summed E-state index contributed by atoms with van der Waals surface area (Å²) >= 11 is 0. The third-order valence-electron chi connectivity index (χ3n) is 12.1. The summed E-state index contributed by atoms with van der Waals surface area (Å²) in [4.78, 5) is 58.2. The zero-order valence-corrected chi connectivity index (χ0v) is 53.5. The molecular weight excluding hydrogens is 1120 g/mol. The molecule has 0 aromatic heterocycles. The zero-order chi connectivity index (χ0) is 62.4. The minimum atomic E-state index is -4.94. The Bertz CT molecular complexity index is 2130. The maximum absolute atomic E-state index is 12.9. The first-order valence-electron chi connectivity index (χ1n) is 31.1. The van der Waals surface area contributed by atoms with Crippen molar-refractivity contribution in [2.75, 3.05) is 39.6 Å². The highest BCUT2D eigenvalue weighted by Crippen LogP contribution is 2.45. The number of carbonyl (C=O) groups is 3. The van der Waals surface area contributed by atoms with Crippen LogP contribution in [-0.4, -0.2) is 95.9 Å². The first-order valence-corrected chi connectivity index (χ1v) is 34.1. The minimum absolute atomic E-state index is 0.0550. The Morgan fingerprint density at radius 2 is 0.612 bits per heavy atom. The molecule has 0 heterocycles. The fraction of sp³-hybridized carbons (Fsp3) is 0.597. The molecule has 16 nitrogen and oxygen atoms in total. The van der Waals surface area contributed by atoms with Gasteiger partial charge in [0.05, 0.1) is 26.4 Å². The Hall–Kier alpha value is -4.57. The predicted molar refractivity (Wildman–Crippen MR) is 343 cm³/mol. The van der Waals surface area contributed by atoms with Gasteiger partial charge in [0, 0.05) is 19.3 Å². The second-order valence-electron chi connectivity index (χ2n) is 20.1. The molecule has 482 valence electrons. The third-order valence-corrected chi connectivity index (χ3v) is 14.0. The van der Waals surface area contributed by atoms with Crippen LogP contribution in [0.3, 0.4) is 0 Å². The molecule has 0 rings (SSSR count). The highest BCUT2D eigenvalue weighted by molar-refractivity contribution is 7.47. The van der Waals surface area contributed by atoms with Crippen molar-refractivity contribution in [1.29, 1.82) is 0 Å². The van der Waals surface area contributed by atoms with Crippen molar-refractivity contribution in [2.45, 2.75) is 219 Å². The standard InChI is InChI=1S/C67H108O16P2/c1-4-7-10-13-16-19-22-25-28-29-30-31-34-36-38-41-44-47-50-53-65(70)77-56-62(68)57-79-84(73,74)80-58-63(69)59-81-85(75,76)82-61-64(83-67(72)55-52-49-46-43-40-37-33-27-24-21-18-15-12-9-6-3)60-78-66(71)54-51-48-45-42-39-35-32-26-23-20-17-14-11-8-5-2/h7-12,16-21,25-28,30-33,36,38,44,47,62-64,68-69H,4-6,13-15,22-24,29,34-35,37,39-43,45-46,48-61H2,1-3H3,(H,73,74)(H,75,76)/b10-7-,11-8-,12-9-,19-16-,20-17-,21-18-,28-25-,31-30-,32-26-,33-27-,38-36-,47-44-. The average Bonchev–Trinajstić information content (AvgIpc) is 3.52. The van der Waals surface area contributed by atoms with E-state index in [4.69, 9.17) is 32.3 Å². The molecule has 0 aliphatic rings. The summed E-state index contributed by atoms with van der Waals surface area (Å²) in [5, 5.41) is 20.5. The fourth-order valence-corrected chi connectivity index (χ4v) is 8.97. The van der Waals surface area contributed by atoms with Gasteiger partial charge in [0.1, 0.15) is 25.4 Å². The molecule has 5 unspecified atom stereocenters. The van der Waals surface area contributed by atoms with Gasteiger partial charge in [-0.25, -0.2) is 9.13 Å². The summed E-state index contributed by atoms with van der Waals surface area (Å²) < 4.78 is 60.6. The molecule has 85 heavy (non-hydrogen) atoms. The molecule has 0 amide bonds. The van der Waals surface area contributed by atoms with Crippen LogP contribution < -0.4 is 0 Å². The lowest BCUT2D eigenvalue weighted by Crippen LogP contribution is -2.30. The summed E-state index contributed by atoms with van der Waals surface area (Å²) in [6, 6.07) is 0. The molecule has 0 saturated heterocycles. The molecule has 0 bridgehead atoms. The van der Waals surface area contributed by atoms with Gasteiger partial charge in [-0.05, 0) is 122 Å². The smallest absolute Gasteiger partial charge is 0.463 e. The van der Waals surface area contributed by atoms with Crippen LogP contribution in [0, 0.1) is 0 Å². The van der Waals surface area contributed by atoms with Crippen molar-refractivity contribution in [1.82, 2.24) is 0 Å². The zero-order valence-electron chi connectivity index (χ0n) is 51.7. The van der Waals surface area contributed by atoms with Gasteiger partial charge in [0.15, 0.2) is 6.10 Å². The van der Waals surface area contributed by atoms with Gasteiger partial charge in [-0.15, -0.1) is 0 Å². The van der Waals surface area contributed by atoms with E-state index in [1.54, 1.807) is 0 Å². The maximum Gasteiger partial charge on any atom is 0.472 e. The number of unbranched alkanes of at least 4 members (excludes halogenated alkanes) is 10. The summed E-state index contributed by atoms with van der Waals surface area (Å²) in [6.45, 7) is 2.15. The number of carbonyl (C=O) groups excluding carboxylic acids is 3. The summed E-state index contributed by atoms with van der Waals surface area (Å²) in [5.41, 5.74) is 0. The van der Waals surface area contributed by atoms with Crippen molar-refractivity contribution < 1.29 is 75.8 Å². The van der Waals surface area contributed by atoms with Gasteiger partial charge in [-0.3, -0.25) is 32.5 Å². The molecule has 0 aromatic rings. The highest BCUT2D eigenvalue weighted by Gasteiger charge is 2.29. The summed E-state index contributed by atoms with van der Waals surface area (Å²) in [5.74, 6) is -1.71. The van der Waals surface area contributed by atoms with E-state index in [1.807, 2.05) is 18.2 Å². The molecule has 0 aliphatic carbocycles. The largest absolute Gasteiger partial charge is 0.472 e. The van der Waals surface area contributed by atoms with Crippen molar-refractivity contribution in [3.8, 4) is 0 Å². The van der Waals surface area contributed by atoms with E-state index < -0.39 is 91.5 Å². The number of phosphoric ester groups is 2. The molecular formula is C67H108O16P2. The molecule has 18 heteroatoms. The number of allylic oxidation sites excluding steroid dienone is 24. The molecule has 0 spiro atoms.